The van der Waals surface area contributed by atoms with Crippen LogP contribution in [0.1, 0.15) is 34.7 Å². The van der Waals surface area contributed by atoms with Crippen molar-refractivity contribution in [3.05, 3.63) is 45.7 Å². The quantitative estimate of drug-likeness (QED) is 0.809. The fourth-order valence-electron chi connectivity index (χ4n) is 2.14. The molecular weight excluding hydrogens is 274 g/mol. The summed E-state index contributed by atoms with van der Waals surface area (Å²) in [4.78, 5) is 23.4. The summed E-state index contributed by atoms with van der Waals surface area (Å²) >= 11 is 1.14. The number of rotatable bonds is 4. The molecule has 1 aromatic carbocycles. The Bertz CT molecular complexity index is 700. The Kier molecular flexibility index (Phi) is 3.31. The number of hydrogen-bond donors (Lipinski definition) is 3. The van der Waals surface area contributed by atoms with Gasteiger partial charge in [-0.3, -0.25) is 14.0 Å². The van der Waals surface area contributed by atoms with Crippen LogP contribution in [0.3, 0.4) is 0 Å². The van der Waals surface area contributed by atoms with Gasteiger partial charge >= 0.3 is 0 Å². The molecule has 0 radical (unpaired) electrons. The van der Waals surface area contributed by atoms with Gasteiger partial charge in [0.05, 0.1) is 0 Å². The smallest absolute Gasteiger partial charge is 0.273 e. The lowest BCUT2D eigenvalue weighted by molar-refractivity contribution is 0.0963. The molecule has 1 saturated carbocycles. The maximum atomic E-state index is 11.7. The molecule has 3 N–H and O–H groups in total. The first kappa shape index (κ1) is 12.9. The van der Waals surface area contributed by atoms with Crippen LogP contribution in [0.4, 0.5) is 10.7 Å². The minimum atomic E-state index is -0.381. The van der Waals surface area contributed by atoms with E-state index in [1.54, 1.807) is 0 Å². The summed E-state index contributed by atoms with van der Waals surface area (Å²) in [6, 6.07) is 8.12. The third-order valence-electron chi connectivity index (χ3n) is 3.35. The Hall–Kier alpha value is -2.08. The molecule has 1 amide bonds. The third-order valence-corrected chi connectivity index (χ3v) is 4.15. The van der Waals surface area contributed by atoms with Crippen LogP contribution in [0.2, 0.25) is 0 Å². The second-order valence-electron chi connectivity index (χ2n) is 4.84. The first-order chi connectivity index (χ1) is 9.69. The molecule has 0 atom stereocenters. The van der Waals surface area contributed by atoms with Crippen molar-refractivity contribution in [2.75, 3.05) is 12.4 Å². The molecule has 104 valence electrons. The summed E-state index contributed by atoms with van der Waals surface area (Å²) < 4.78 is 2.59. The van der Waals surface area contributed by atoms with E-state index in [2.05, 4.69) is 27.1 Å². The number of aromatic nitrogens is 1. The average Bonchev–Trinajstić information content (AvgIpc) is 3.24. The van der Waals surface area contributed by atoms with E-state index < -0.39 is 0 Å². The van der Waals surface area contributed by atoms with Gasteiger partial charge in [-0.25, -0.2) is 0 Å². The predicted molar refractivity (Wildman–Crippen MR) is 80.0 cm³/mol. The largest absolute Gasteiger partial charge is 0.355 e. The van der Waals surface area contributed by atoms with Crippen LogP contribution in [-0.2, 0) is 0 Å². The van der Waals surface area contributed by atoms with Crippen LogP contribution >= 0.6 is 11.5 Å². The Morgan fingerprint density at radius 2 is 2.20 bits per heavy atom. The molecule has 1 aliphatic rings. The minimum absolute atomic E-state index is 0.134. The van der Waals surface area contributed by atoms with Crippen LogP contribution in [0, 0.1) is 0 Å². The molecule has 0 aliphatic heterocycles. The SMILES string of the molecule is CNC(=O)c1c(Nc2cccc(C3CC3)c2)s[nH]c1=O. The van der Waals surface area contributed by atoms with Gasteiger partial charge < -0.3 is 10.6 Å². The van der Waals surface area contributed by atoms with Crippen LogP contribution in [-0.4, -0.2) is 17.3 Å². The van der Waals surface area contributed by atoms with Crippen molar-refractivity contribution in [3.8, 4) is 0 Å². The van der Waals surface area contributed by atoms with Gasteiger partial charge in [-0.05, 0) is 48.0 Å². The van der Waals surface area contributed by atoms with E-state index in [0.717, 1.165) is 17.2 Å². The standard InChI is InChI=1S/C14H15N3O2S/c1-15-12(18)11-13(19)17-20-14(11)16-10-4-2-3-9(7-10)8-5-6-8/h2-4,7-8,16H,5-6H2,1H3,(H,15,18)(H,17,19). The highest BCUT2D eigenvalue weighted by Gasteiger charge is 2.23. The van der Waals surface area contributed by atoms with E-state index in [4.69, 9.17) is 0 Å². The summed E-state index contributed by atoms with van der Waals surface area (Å²) in [7, 11) is 1.51. The molecule has 5 nitrogen and oxygen atoms in total. The number of benzene rings is 1. The van der Waals surface area contributed by atoms with Crippen molar-refractivity contribution in [1.82, 2.24) is 9.69 Å². The zero-order valence-corrected chi connectivity index (χ0v) is 11.8. The highest BCUT2D eigenvalue weighted by molar-refractivity contribution is 7.10. The first-order valence-corrected chi connectivity index (χ1v) is 7.31. The number of hydrogen-bond acceptors (Lipinski definition) is 4. The summed E-state index contributed by atoms with van der Waals surface area (Å²) in [5.41, 5.74) is 1.97. The summed E-state index contributed by atoms with van der Waals surface area (Å²) in [5.74, 6) is 0.286. The average molecular weight is 289 g/mol. The van der Waals surface area contributed by atoms with Crippen molar-refractivity contribution in [2.24, 2.45) is 0 Å². The maximum Gasteiger partial charge on any atom is 0.273 e. The highest BCUT2D eigenvalue weighted by Crippen LogP contribution is 2.41. The number of amides is 1. The van der Waals surface area contributed by atoms with E-state index in [9.17, 15) is 9.59 Å². The van der Waals surface area contributed by atoms with Gasteiger partial charge in [0.2, 0.25) is 0 Å². The molecule has 3 rings (SSSR count). The molecule has 1 fully saturated rings. The number of nitrogens with one attached hydrogen (secondary N) is 3. The Morgan fingerprint density at radius 3 is 2.90 bits per heavy atom. The third kappa shape index (κ3) is 2.46. The van der Waals surface area contributed by atoms with E-state index in [-0.39, 0.29) is 17.0 Å². The van der Waals surface area contributed by atoms with E-state index in [1.165, 1.54) is 25.5 Å². The lowest BCUT2D eigenvalue weighted by Gasteiger charge is -2.07. The lowest BCUT2D eigenvalue weighted by Crippen LogP contribution is -2.24. The normalized spacial score (nSPS) is 14.1. The number of carbonyl (C=O) groups is 1. The highest BCUT2D eigenvalue weighted by atomic mass is 32.1. The van der Waals surface area contributed by atoms with E-state index in [0.29, 0.717) is 10.9 Å². The van der Waals surface area contributed by atoms with Gasteiger partial charge in [-0.15, -0.1) is 0 Å². The fourth-order valence-corrected chi connectivity index (χ4v) is 2.89. The van der Waals surface area contributed by atoms with Gasteiger partial charge in [0, 0.05) is 12.7 Å². The summed E-state index contributed by atoms with van der Waals surface area (Å²) in [5, 5.41) is 6.18. The molecule has 1 aliphatic carbocycles. The number of anilines is 2. The molecule has 0 bridgehead atoms. The van der Waals surface area contributed by atoms with Crippen molar-refractivity contribution >= 4 is 28.1 Å². The maximum absolute atomic E-state index is 11.7. The topological polar surface area (TPSA) is 74.0 Å². The van der Waals surface area contributed by atoms with Crippen molar-refractivity contribution in [2.45, 2.75) is 18.8 Å². The van der Waals surface area contributed by atoms with Gasteiger partial charge in [0.15, 0.2) is 0 Å². The van der Waals surface area contributed by atoms with Crippen molar-refractivity contribution in [1.29, 1.82) is 0 Å². The summed E-state index contributed by atoms with van der Waals surface area (Å²) in [6.45, 7) is 0. The van der Waals surface area contributed by atoms with Crippen LogP contribution in [0.25, 0.3) is 0 Å². The molecule has 1 heterocycles. The molecule has 20 heavy (non-hydrogen) atoms. The molecule has 0 spiro atoms. The number of H-pyrrole nitrogens is 1. The molecular formula is C14H15N3O2S. The molecule has 6 heteroatoms. The van der Waals surface area contributed by atoms with Crippen molar-refractivity contribution < 1.29 is 4.79 Å². The Labute approximate surface area is 120 Å². The second-order valence-corrected chi connectivity index (χ2v) is 5.66. The summed E-state index contributed by atoms with van der Waals surface area (Å²) in [6.07, 6.45) is 2.48. The molecule has 0 unspecified atom stereocenters. The van der Waals surface area contributed by atoms with Crippen molar-refractivity contribution in [3.63, 3.8) is 0 Å². The lowest BCUT2D eigenvalue weighted by atomic mass is 10.1. The van der Waals surface area contributed by atoms with Crippen LogP contribution < -0.4 is 16.2 Å². The van der Waals surface area contributed by atoms with Crippen LogP contribution in [0.5, 0.6) is 0 Å². The Balaban J connectivity index is 1.89. The minimum Gasteiger partial charge on any atom is -0.355 e. The zero-order valence-electron chi connectivity index (χ0n) is 11.0. The molecule has 0 saturated heterocycles. The van der Waals surface area contributed by atoms with Crippen LogP contribution in [0.15, 0.2) is 29.1 Å². The zero-order chi connectivity index (χ0) is 14.1. The second kappa shape index (κ2) is 5.13. The predicted octanol–water partition coefficient (Wildman–Crippen LogP) is 2.42. The van der Waals surface area contributed by atoms with Gasteiger partial charge in [0.1, 0.15) is 10.6 Å². The number of carbonyl (C=O) groups excluding carboxylic acids is 1. The van der Waals surface area contributed by atoms with Gasteiger partial charge in [-0.2, -0.15) is 0 Å². The fraction of sp³-hybridized carbons (Fsp3) is 0.286. The van der Waals surface area contributed by atoms with E-state index in [1.807, 2.05) is 12.1 Å². The first-order valence-electron chi connectivity index (χ1n) is 6.49. The van der Waals surface area contributed by atoms with E-state index >= 15 is 0 Å². The number of aromatic amines is 1. The monoisotopic (exact) mass is 289 g/mol. The van der Waals surface area contributed by atoms with Gasteiger partial charge in [0.25, 0.3) is 11.5 Å². The molecule has 1 aromatic heterocycles. The molecule has 2 aromatic rings. The van der Waals surface area contributed by atoms with Gasteiger partial charge in [-0.1, -0.05) is 12.1 Å². The Morgan fingerprint density at radius 1 is 1.40 bits per heavy atom.